The summed E-state index contributed by atoms with van der Waals surface area (Å²) >= 11 is 0. The Hall–Kier alpha value is -1.23. The second-order valence-corrected chi connectivity index (χ2v) is 3.21. The molecule has 0 saturated heterocycles. The van der Waals surface area contributed by atoms with E-state index < -0.39 is 0 Å². The van der Waals surface area contributed by atoms with Crippen LogP contribution >= 0.6 is 0 Å². The number of likely N-dealkylation sites (N-methyl/N-ethyl adjacent to an activating group) is 1. The summed E-state index contributed by atoms with van der Waals surface area (Å²) in [6.07, 6.45) is 0.806. The maximum Gasteiger partial charge on any atom is 0.223 e. The molecule has 5 nitrogen and oxygen atoms in total. The highest BCUT2D eigenvalue weighted by atomic mass is 15.1. The van der Waals surface area contributed by atoms with Crippen molar-refractivity contribution in [3.05, 3.63) is 11.6 Å². The monoisotopic (exact) mass is 181 g/mol. The molecule has 0 aliphatic heterocycles. The van der Waals surface area contributed by atoms with Crippen molar-refractivity contribution in [2.24, 2.45) is 0 Å². The number of anilines is 1. The van der Waals surface area contributed by atoms with E-state index in [0.29, 0.717) is 11.8 Å². The van der Waals surface area contributed by atoms with Crippen molar-refractivity contribution in [1.82, 2.24) is 19.9 Å². The predicted octanol–water partition coefficient (Wildman–Crippen LogP) is -0.134. The van der Waals surface area contributed by atoms with E-state index in [1.165, 1.54) is 0 Å². The molecule has 0 atom stereocenters. The number of rotatable bonds is 3. The molecule has 1 heterocycles. The van der Waals surface area contributed by atoms with Crippen molar-refractivity contribution in [3.63, 3.8) is 0 Å². The highest BCUT2D eigenvalue weighted by Gasteiger charge is 2.01. The Bertz CT molecular complexity index is 264. The Labute approximate surface area is 78.0 Å². The number of aryl methyl sites for hydroxylation is 1. The Balaban J connectivity index is 2.66. The predicted molar refractivity (Wildman–Crippen MR) is 51.2 cm³/mol. The average molecular weight is 181 g/mol. The number of hydrogen-bond donors (Lipinski definition) is 1. The number of nitrogen functional groups attached to an aromatic ring is 1. The molecule has 0 saturated carbocycles. The van der Waals surface area contributed by atoms with Crippen LogP contribution in [0.4, 0.5) is 5.95 Å². The third-order valence-electron chi connectivity index (χ3n) is 1.59. The first-order valence-electron chi connectivity index (χ1n) is 4.19. The maximum atomic E-state index is 5.49. The van der Waals surface area contributed by atoms with Gasteiger partial charge in [0.25, 0.3) is 0 Å². The van der Waals surface area contributed by atoms with Crippen LogP contribution in [0.1, 0.15) is 11.6 Å². The number of nitrogens with zero attached hydrogens (tertiary/aromatic N) is 4. The smallest absolute Gasteiger partial charge is 0.223 e. The summed E-state index contributed by atoms with van der Waals surface area (Å²) in [5, 5.41) is 0. The Morgan fingerprint density at radius 3 is 2.46 bits per heavy atom. The fraction of sp³-hybridized carbons (Fsp3) is 0.625. The molecule has 0 fully saturated rings. The molecule has 13 heavy (non-hydrogen) atoms. The van der Waals surface area contributed by atoms with Gasteiger partial charge in [-0.05, 0) is 21.0 Å². The molecule has 0 bridgehead atoms. The van der Waals surface area contributed by atoms with E-state index >= 15 is 0 Å². The second-order valence-electron chi connectivity index (χ2n) is 3.21. The van der Waals surface area contributed by atoms with Gasteiger partial charge in [0.1, 0.15) is 11.6 Å². The van der Waals surface area contributed by atoms with Gasteiger partial charge >= 0.3 is 0 Å². The van der Waals surface area contributed by atoms with Crippen molar-refractivity contribution >= 4 is 5.95 Å². The zero-order chi connectivity index (χ0) is 9.84. The lowest BCUT2D eigenvalue weighted by atomic mass is 10.4. The normalized spacial score (nSPS) is 10.8. The minimum atomic E-state index is 0.307. The number of hydrogen-bond acceptors (Lipinski definition) is 5. The number of nitrogens with two attached hydrogens (primary N) is 1. The quantitative estimate of drug-likeness (QED) is 0.703. The summed E-state index contributed by atoms with van der Waals surface area (Å²) in [4.78, 5) is 14.2. The van der Waals surface area contributed by atoms with Crippen LogP contribution in [0.5, 0.6) is 0 Å². The molecular weight excluding hydrogens is 166 g/mol. The summed E-state index contributed by atoms with van der Waals surface area (Å²) in [7, 11) is 4.02. The Morgan fingerprint density at radius 2 is 1.92 bits per heavy atom. The van der Waals surface area contributed by atoms with Crippen LogP contribution in [0.3, 0.4) is 0 Å². The van der Waals surface area contributed by atoms with Gasteiger partial charge in [0.2, 0.25) is 5.95 Å². The zero-order valence-electron chi connectivity index (χ0n) is 8.28. The lowest BCUT2D eigenvalue weighted by Gasteiger charge is -2.08. The second kappa shape index (κ2) is 4.13. The van der Waals surface area contributed by atoms with E-state index in [1.54, 1.807) is 0 Å². The van der Waals surface area contributed by atoms with Gasteiger partial charge in [-0.1, -0.05) is 0 Å². The fourth-order valence-electron chi connectivity index (χ4n) is 0.995. The van der Waals surface area contributed by atoms with Gasteiger partial charge < -0.3 is 10.6 Å². The molecular formula is C8H15N5. The molecule has 0 spiro atoms. The average Bonchev–Trinajstić information content (AvgIpc) is 1.99. The van der Waals surface area contributed by atoms with Gasteiger partial charge in [0, 0.05) is 13.0 Å². The Kier molecular flexibility index (Phi) is 3.13. The molecule has 0 aliphatic rings. The van der Waals surface area contributed by atoms with E-state index in [-0.39, 0.29) is 0 Å². The largest absolute Gasteiger partial charge is 0.368 e. The van der Waals surface area contributed by atoms with Gasteiger partial charge in [-0.15, -0.1) is 0 Å². The van der Waals surface area contributed by atoms with Crippen LogP contribution in [-0.4, -0.2) is 40.5 Å². The van der Waals surface area contributed by atoms with Crippen LogP contribution in [0.2, 0.25) is 0 Å². The first kappa shape index (κ1) is 9.85. The molecule has 5 heteroatoms. The van der Waals surface area contributed by atoms with E-state index in [1.807, 2.05) is 21.0 Å². The van der Waals surface area contributed by atoms with Gasteiger partial charge in [0.15, 0.2) is 0 Å². The van der Waals surface area contributed by atoms with Gasteiger partial charge in [-0.25, -0.2) is 4.98 Å². The van der Waals surface area contributed by atoms with Crippen molar-refractivity contribution in [1.29, 1.82) is 0 Å². The molecule has 1 rings (SSSR count). The standard InChI is InChI=1S/C8H15N5/c1-6-10-7(4-5-13(2)3)12-8(9)11-6/h4-5H2,1-3H3,(H2,9,10,11,12). The fourth-order valence-corrected chi connectivity index (χ4v) is 0.995. The maximum absolute atomic E-state index is 5.49. The minimum absolute atomic E-state index is 0.307. The topological polar surface area (TPSA) is 67.9 Å². The third-order valence-corrected chi connectivity index (χ3v) is 1.59. The van der Waals surface area contributed by atoms with E-state index in [2.05, 4.69) is 19.9 Å². The van der Waals surface area contributed by atoms with Gasteiger partial charge in [-0.2, -0.15) is 9.97 Å². The summed E-state index contributed by atoms with van der Waals surface area (Å²) in [5.74, 6) is 1.75. The molecule has 1 aromatic heterocycles. The first-order chi connectivity index (χ1) is 6.08. The van der Waals surface area contributed by atoms with Crippen LogP contribution < -0.4 is 5.73 Å². The Morgan fingerprint density at radius 1 is 1.23 bits per heavy atom. The highest BCUT2D eigenvalue weighted by molar-refractivity contribution is 5.15. The summed E-state index contributed by atoms with van der Waals surface area (Å²) in [6, 6.07) is 0. The summed E-state index contributed by atoms with van der Waals surface area (Å²) in [6.45, 7) is 2.74. The molecule has 0 aromatic carbocycles. The number of aromatic nitrogens is 3. The van der Waals surface area contributed by atoms with Crippen molar-refractivity contribution < 1.29 is 0 Å². The molecule has 0 aliphatic carbocycles. The summed E-state index contributed by atoms with van der Waals surface area (Å²) in [5.41, 5.74) is 5.49. The third kappa shape index (κ3) is 3.33. The van der Waals surface area contributed by atoms with Crippen molar-refractivity contribution in [2.45, 2.75) is 13.3 Å². The lowest BCUT2D eigenvalue weighted by Crippen LogP contribution is -2.17. The van der Waals surface area contributed by atoms with Crippen LogP contribution in [0.25, 0.3) is 0 Å². The van der Waals surface area contributed by atoms with Crippen molar-refractivity contribution in [2.75, 3.05) is 26.4 Å². The van der Waals surface area contributed by atoms with E-state index in [0.717, 1.165) is 18.8 Å². The molecule has 72 valence electrons. The van der Waals surface area contributed by atoms with Crippen LogP contribution in [0, 0.1) is 6.92 Å². The van der Waals surface area contributed by atoms with E-state index in [4.69, 9.17) is 5.73 Å². The molecule has 0 radical (unpaired) electrons. The van der Waals surface area contributed by atoms with Crippen LogP contribution in [0.15, 0.2) is 0 Å². The molecule has 1 aromatic rings. The zero-order valence-corrected chi connectivity index (χ0v) is 8.28. The first-order valence-corrected chi connectivity index (χ1v) is 4.19. The van der Waals surface area contributed by atoms with Gasteiger partial charge in [0.05, 0.1) is 0 Å². The highest BCUT2D eigenvalue weighted by Crippen LogP contribution is 1.97. The minimum Gasteiger partial charge on any atom is -0.368 e. The molecule has 2 N–H and O–H groups in total. The lowest BCUT2D eigenvalue weighted by molar-refractivity contribution is 0.409. The molecule has 0 amide bonds. The SMILES string of the molecule is Cc1nc(N)nc(CCN(C)C)n1. The van der Waals surface area contributed by atoms with Gasteiger partial charge in [-0.3, -0.25) is 0 Å². The van der Waals surface area contributed by atoms with Crippen LogP contribution in [-0.2, 0) is 6.42 Å². The van der Waals surface area contributed by atoms with E-state index in [9.17, 15) is 0 Å². The van der Waals surface area contributed by atoms with Crippen molar-refractivity contribution in [3.8, 4) is 0 Å². The molecule has 0 unspecified atom stereocenters. The summed E-state index contributed by atoms with van der Waals surface area (Å²) < 4.78 is 0.